The number of hydrogen-bond acceptors (Lipinski definition) is 4. The lowest BCUT2D eigenvalue weighted by molar-refractivity contribution is 0.0683. The lowest BCUT2D eigenvalue weighted by Gasteiger charge is -2.18. The number of carboxylic acid groups (broad SMARTS) is 1. The summed E-state index contributed by atoms with van der Waals surface area (Å²) in [5.74, 6) is -0.895. The fourth-order valence-electron chi connectivity index (χ4n) is 1.78. The number of carbonyl (C=O) groups is 1. The molecule has 102 valence electrons. The third kappa shape index (κ3) is 2.52. The molecule has 0 unspecified atom stereocenters. The van der Waals surface area contributed by atoms with Gasteiger partial charge in [-0.25, -0.2) is 14.5 Å². The molecule has 0 saturated carbocycles. The van der Waals surface area contributed by atoms with Gasteiger partial charge in [-0.05, 0) is 18.2 Å². The first-order valence-electron chi connectivity index (χ1n) is 6.04. The predicted octanol–water partition coefficient (Wildman–Crippen LogP) is 2.13. The number of aromatic carboxylic acids is 1. The largest absolute Gasteiger partial charge is 0.475 e. The van der Waals surface area contributed by atoms with Crippen LogP contribution < -0.4 is 0 Å². The van der Waals surface area contributed by atoms with E-state index in [0.717, 1.165) is 0 Å². The summed E-state index contributed by atoms with van der Waals surface area (Å²) in [6.45, 7) is 5.77. The predicted molar refractivity (Wildman–Crippen MR) is 71.7 cm³/mol. The Morgan fingerprint density at radius 2 is 2.10 bits per heavy atom. The van der Waals surface area contributed by atoms with Crippen molar-refractivity contribution >= 4 is 5.97 Å². The van der Waals surface area contributed by atoms with Crippen LogP contribution in [-0.2, 0) is 5.41 Å². The number of benzene rings is 1. The van der Waals surface area contributed by atoms with Crippen molar-refractivity contribution in [2.24, 2.45) is 0 Å². The zero-order chi connectivity index (χ0) is 14.9. The van der Waals surface area contributed by atoms with Gasteiger partial charge >= 0.3 is 5.97 Å². The number of nitriles is 1. The molecule has 0 bridgehead atoms. The molecule has 1 heterocycles. The molecule has 6 nitrogen and oxygen atoms in total. The highest BCUT2D eigenvalue weighted by Crippen LogP contribution is 2.23. The fraction of sp³-hybridized carbons (Fsp3) is 0.286. The van der Waals surface area contributed by atoms with Gasteiger partial charge in [0, 0.05) is 5.41 Å². The van der Waals surface area contributed by atoms with E-state index in [1.165, 1.54) is 4.68 Å². The van der Waals surface area contributed by atoms with E-state index in [-0.39, 0.29) is 11.2 Å². The molecule has 0 aliphatic rings. The van der Waals surface area contributed by atoms with Crippen LogP contribution in [0.2, 0.25) is 0 Å². The average molecular weight is 270 g/mol. The standard InChI is InChI=1S/C14H14N4O2/c1-14(2,3)13-16-11(12(19)20)17-18(13)10-6-4-5-9(7-10)8-15/h4-7H,1-3H3,(H,19,20). The maximum absolute atomic E-state index is 11.1. The molecule has 1 aromatic heterocycles. The first kappa shape index (κ1) is 13.7. The third-order valence-corrected chi connectivity index (χ3v) is 2.69. The van der Waals surface area contributed by atoms with Gasteiger partial charge in [-0.15, -0.1) is 5.10 Å². The van der Waals surface area contributed by atoms with Gasteiger partial charge < -0.3 is 5.11 Å². The van der Waals surface area contributed by atoms with Gasteiger partial charge in [0.15, 0.2) is 0 Å². The first-order chi connectivity index (χ1) is 9.32. The minimum Gasteiger partial charge on any atom is -0.475 e. The average Bonchev–Trinajstić information content (AvgIpc) is 2.84. The Morgan fingerprint density at radius 3 is 2.65 bits per heavy atom. The highest BCUT2D eigenvalue weighted by molar-refractivity contribution is 5.83. The quantitative estimate of drug-likeness (QED) is 0.902. The van der Waals surface area contributed by atoms with Gasteiger partial charge in [-0.2, -0.15) is 5.26 Å². The summed E-state index contributed by atoms with van der Waals surface area (Å²) in [4.78, 5) is 15.1. The van der Waals surface area contributed by atoms with Crippen LogP contribution in [0, 0.1) is 11.3 Å². The van der Waals surface area contributed by atoms with E-state index < -0.39 is 5.97 Å². The van der Waals surface area contributed by atoms with E-state index in [4.69, 9.17) is 10.4 Å². The Kier molecular flexibility index (Phi) is 3.28. The molecule has 0 saturated heterocycles. The van der Waals surface area contributed by atoms with Crippen molar-refractivity contribution in [1.29, 1.82) is 5.26 Å². The normalized spacial score (nSPS) is 11.1. The summed E-state index contributed by atoms with van der Waals surface area (Å²) in [6, 6.07) is 8.86. The summed E-state index contributed by atoms with van der Waals surface area (Å²) in [6.07, 6.45) is 0. The van der Waals surface area contributed by atoms with Crippen LogP contribution in [0.15, 0.2) is 24.3 Å². The second kappa shape index (κ2) is 4.78. The van der Waals surface area contributed by atoms with Crippen LogP contribution in [0.3, 0.4) is 0 Å². The van der Waals surface area contributed by atoms with Crippen LogP contribution in [0.4, 0.5) is 0 Å². The fourth-order valence-corrected chi connectivity index (χ4v) is 1.78. The smallest absolute Gasteiger partial charge is 0.375 e. The van der Waals surface area contributed by atoms with Crippen molar-refractivity contribution in [3.05, 3.63) is 41.5 Å². The van der Waals surface area contributed by atoms with Crippen LogP contribution in [0.5, 0.6) is 0 Å². The lowest BCUT2D eigenvalue weighted by atomic mass is 9.95. The van der Waals surface area contributed by atoms with Crippen LogP contribution in [0.25, 0.3) is 5.69 Å². The van der Waals surface area contributed by atoms with Crippen molar-refractivity contribution in [1.82, 2.24) is 14.8 Å². The van der Waals surface area contributed by atoms with E-state index >= 15 is 0 Å². The van der Waals surface area contributed by atoms with Crippen molar-refractivity contribution in [3.8, 4) is 11.8 Å². The molecule has 1 aromatic carbocycles. The molecule has 0 aliphatic heterocycles. The first-order valence-corrected chi connectivity index (χ1v) is 6.04. The maximum Gasteiger partial charge on any atom is 0.375 e. The number of hydrogen-bond donors (Lipinski definition) is 1. The van der Waals surface area contributed by atoms with Crippen LogP contribution >= 0.6 is 0 Å². The van der Waals surface area contributed by atoms with Crippen molar-refractivity contribution in [3.63, 3.8) is 0 Å². The van der Waals surface area contributed by atoms with Gasteiger partial charge in [0.1, 0.15) is 5.82 Å². The number of carboxylic acids is 1. The van der Waals surface area contributed by atoms with Gasteiger partial charge in [0.25, 0.3) is 5.82 Å². The molecule has 0 atom stereocenters. The highest BCUT2D eigenvalue weighted by Gasteiger charge is 2.26. The number of rotatable bonds is 2. The van der Waals surface area contributed by atoms with Crippen molar-refractivity contribution in [2.75, 3.05) is 0 Å². The Bertz CT molecular complexity index is 705. The second-order valence-electron chi connectivity index (χ2n) is 5.39. The Morgan fingerprint density at radius 1 is 1.40 bits per heavy atom. The molecule has 2 rings (SSSR count). The SMILES string of the molecule is CC(C)(C)c1nc(C(=O)O)nn1-c1cccc(C#N)c1. The molecule has 0 radical (unpaired) electrons. The zero-order valence-electron chi connectivity index (χ0n) is 11.5. The monoisotopic (exact) mass is 270 g/mol. The highest BCUT2D eigenvalue weighted by atomic mass is 16.4. The molecule has 0 spiro atoms. The third-order valence-electron chi connectivity index (χ3n) is 2.69. The van der Waals surface area contributed by atoms with E-state index in [2.05, 4.69) is 10.1 Å². The Labute approximate surface area is 116 Å². The molecular weight excluding hydrogens is 256 g/mol. The van der Waals surface area contributed by atoms with Crippen LogP contribution in [-0.4, -0.2) is 25.8 Å². The molecule has 1 N–H and O–H groups in total. The Hall–Kier alpha value is -2.68. The van der Waals surface area contributed by atoms with Crippen molar-refractivity contribution in [2.45, 2.75) is 26.2 Å². The van der Waals surface area contributed by atoms with Gasteiger partial charge in [-0.3, -0.25) is 0 Å². The molecule has 0 aliphatic carbocycles. The Balaban J connectivity index is 2.66. The van der Waals surface area contributed by atoms with E-state index in [1.807, 2.05) is 26.8 Å². The summed E-state index contributed by atoms with van der Waals surface area (Å²) in [5.41, 5.74) is 0.729. The van der Waals surface area contributed by atoms with E-state index in [1.54, 1.807) is 24.3 Å². The maximum atomic E-state index is 11.1. The topological polar surface area (TPSA) is 91.8 Å². The second-order valence-corrected chi connectivity index (χ2v) is 5.39. The molecular formula is C14H14N4O2. The van der Waals surface area contributed by atoms with E-state index in [9.17, 15) is 4.79 Å². The summed E-state index contributed by atoms with van der Waals surface area (Å²) in [7, 11) is 0. The lowest BCUT2D eigenvalue weighted by Crippen LogP contribution is -2.18. The minimum absolute atomic E-state index is 0.253. The van der Waals surface area contributed by atoms with Gasteiger partial charge in [0.05, 0.1) is 17.3 Å². The van der Waals surface area contributed by atoms with E-state index in [0.29, 0.717) is 17.1 Å². The van der Waals surface area contributed by atoms with Gasteiger partial charge in [0.2, 0.25) is 0 Å². The van der Waals surface area contributed by atoms with Crippen molar-refractivity contribution < 1.29 is 9.90 Å². The molecule has 2 aromatic rings. The number of nitrogens with zero attached hydrogens (tertiary/aromatic N) is 4. The summed E-state index contributed by atoms with van der Waals surface area (Å²) < 4.78 is 1.48. The summed E-state index contributed by atoms with van der Waals surface area (Å²) in [5, 5.41) is 22.0. The molecule has 20 heavy (non-hydrogen) atoms. The minimum atomic E-state index is -1.18. The van der Waals surface area contributed by atoms with Crippen LogP contribution in [0.1, 0.15) is 42.8 Å². The molecule has 6 heteroatoms. The zero-order valence-corrected chi connectivity index (χ0v) is 11.5. The molecule has 0 fully saturated rings. The van der Waals surface area contributed by atoms with Gasteiger partial charge in [-0.1, -0.05) is 26.8 Å². The number of aromatic nitrogens is 3. The molecule has 0 amide bonds. The summed E-state index contributed by atoms with van der Waals surface area (Å²) >= 11 is 0.